The standard InChI is InChI=1S/C23H25ClN4OS/c1-15-14-26-21(27-23(15)30-20-8-7-19(25)16(2)22(20)24)13-17-3-5-18(6-4-17)28-9-11-29-12-10-28/h3-8,14H,9-13,25H2,1-2H3. The topological polar surface area (TPSA) is 64.3 Å². The maximum Gasteiger partial charge on any atom is 0.133 e. The van der Waals surface area contributed by atoms with Gasteiger partial charge in [-0.2, -0.15) is 0 Å². The highest BCUT2D eigenvalue weighted by atomic mass is 35.5. The molecule has 4 rings (SSSR count). The van der Waals surface area contributed by atoms with Crippen LogP contribution in [-0.2, 0) is 11.2 Å². The fourth-order valence-corrected chi connectivity index (χ4v) is 4.58. The van der Waals surface area contributed by atoms with Crippen LogP contribution in [0.15, 0.2) is 52.5 Å². The zero-order chi connectivity index (χ0) is 21.1. The minimum absolute atomic E-state index is 0.679. The molecule has 0 radical (unpaired) electrons. The average molecular weight is 441 g/mol. The molecule has 0 aliphatic carbocycles. The summed E-state index contributed by atoms with van der Waals surface area (Å²) in [5.41, 5.74) is 11.0. The van der Waals surface area contributed by atoms with Crippen LogP contribution in [0.2, 0.25) is 5.02 Å². The summed E-state index contributed by atoms with van der Waals surface area (Å²) in [5, 5.41) is 1.59. The Kier molecular flexibility index (Phi) is 6.46. The lowest BCUT2D eigenvalue weighted by Crippen LogP contribution is -2.36. The van der Waals surface area contributed by atoms with Crippen LogP contribution in [0, 0.1) is 13.8 Å². The van der Waals surface area contributed by atoms with Gasteiger partial charge in [0.15, 0.2) is 0 Å². The van der Waals surface area contributed by atoms with Gasteiger partial charge >= 0.3 is 0 Å². The Morgan fingerprint density at radius 3 is 2.57 bits per heavy atom. The van der Waals surface area contributed by atoms with Gasteiger partial charge in [-0.25, -0.2) is 9.97 Å². The first kappa shape index (κ1) is 21.0. The van der Waals surface area contributed by atoms with Crippen molar-refractivity contribution in [2.24, 2.45) is 0 Å². The number of ether oxygens (including phenoxy) is 1. The van der Waals surface area contributed by atoms with Crippen molar-refractivity contribution >= 4 is 34.7 Å². The highest BCUT2D eigenvalue weighted by Crippen LogP contribution is 2.37. The predicted molar refractivity (Wildman–Crippen MR) is 124 cm³/mol. The number of benzene rings is 2. The lowest BCUT2D eigenvalue weighted by atomic mass is 10.1. The third-order valence-electron chi connectivity index (χ3n) is 5.25. The molecule has 30 heavy (non-hydrogen) atoms. The molecule has 156 valence electrons. The van der Waals surface area contributed by atoms with Crippen LogP contribution < -0.4 is 10.6 Å². The van der Waals surface area contributed by atoms with Crippen LogP contribution in [0.1, 0.15) is 22.5 Å². The average Bonchev–Trinajstić information content (AvgIpc) is 2.77. The monoisotopic (exact) mass is 440 g/mol. The van der Waals surface area contributed by atoms with Gasteiger partial charge in [-0.1, -0.05) is 35.5 Å². The fourth-order valence-electron chi connectivity index (χ4n) is 3.34. The molecule has 1 aromatic heterocycles. The molecule has 2 N–H and O–H groups in total. The summed E-state index contributed by atoms with van der Waals surface area (Å²) >= 11 is 8.05. The second kappa shape index (κ2) is 9.25. The minimum atomic E-state index is 0.679. The van der Waals surface area contributed by atoms with Gasteiger partial charge in [-0.15, -0.1) is 0 Å². The molecule has 2 heterocycles. The van der Waals surface area contributed by atoms with Gasteiger partial charge in [0.25, 0.3) is 0 Å². The molecule has 0 bridgehead atoms. The number of rotatable bonds is 5. The summed E-state index contributed by atoms with van der Waals surface area (Å²) < 4.78 is 5.43. The molecule has 3 aromatic rings. The number of morpholine rings is 1. The van der Waals surface area contributed by atoms with E-state index in [4.69, 9.17) is 27.1 Å². The fraction of sp³-hybridized carbons (Fsp3) is 0.304. The smallest absolute Gasteiger partial charge is 0.133 e. The first-order chi connectivity index (χ1) is 14.5. The highest BCUT2D eigenvalue weighted by Gasteiger charge is 2.13. The van der Waals surface area contributed by atoms with Crippen molar-refractivity contribution in [1.82, 2.24) is 9.97 Å². The van der Waals surface area contributed by atoms with Crippen molar-refractivity contribution in [1.29, 1.82) is 0 Å². The molecular weight excluding hydrogens is 416 g/mol. The van der Waals surface area contributed by atoms with Crippen molar-refractivity contribution in [3.05, 3.63) is 70.1 Å². The number of hydrogen-bond donors (Lipinski definition) is 1. The van der Waals surface area contributed by atoms with Crippen molar-refractivity contribution in [3.63, 3.8) is 0 Å². The summed E-state index contributed by atoms with van der Waals surface area (Å²) in [6.07, 6.45) is 2.57. The summed E-state index contributed by atoms with van der Waals surface area (Å²) in [6.45, 7) is 7.40. The number of hydrogen-bond acceptors (Lipinski definition) is 6. The lowest BCUT2D eigenvalue weighted by Gasteiger charge is -2.28. The number of aromatic nitrogens is 2. The summed E-state index contributed by atoms with van der Waals surface area (Å²) in [7, 11) is 0. The second-order valence-corrected chi connectivity index (χ2v) is 8.82. The molecule has 7 heteroatoms. The Hall–Kier alpha value is -2.28. The van der Waals surface area contributed by atoms with Gasteiger partial charge < -0.3 is 15.4 Å². The van der Waals surface area contributed by atoms with Crippen molar-refractivity contribution in [2.75, 3.05) is 36.9 Å². The van der Waals surface area contributed by atoms with Crippen LogP contribution in [0.5, 0.6) is 0 Å². The highest BCUT2D eigenvalue weighted by molar-refractivity contribution is 7.99. The predicted octanol–water partition coefficient (Wildman–Crippen LogP) is 4.91. The molecule has 0 atom stereocenters. The number of aryl methyl sites for hydroxylation is 1. The Labute approximate surface area is 186 Å². The van der Waals surface area contributed by atoms with Gasteiger partial charge in [-0.05, 0) is 54.8 Å². The minimum Gasteiger partial charge on any atom is -0.398 e. The number of nitrogen functional groups attached to an aromatic ring is 1. The quantitative estimate of drug-likeness (QED) is 0.449. The number of anilines is 2. The molecular formula is C23H25ClN4OS. The van der Waals surface area contributed by atoms with Crippen LogP contribution >= 0.6 is 23.4 Å². The number of nitrogens with two attached hydrogens (primary N) is 1. The first-order valence-corrected chi connectivity index (χ1v) is 11.2. The zero-order valence-corrected chi connectivity index (χ0v) is 18.8. The van der Waals surface area contributed by atoms with E-state index in [-0.39, 0.29) is 0 Å². The Bertz CT molecular complexity index is 1040. The van der Waals surface area contributed by atoms with E-state index in [0.29, 0.717) is 17.1 Å². The van der Waals surface area contributed by atoms with E-state index < -0.39 is 0 Å². The Balaban J connectivity index is 1.50. The zero-order valence-electron chi connectivity index (χ0n) is 17.2. The van der Waals surface area contributed by atoms with Gasteiger partial charge in [0.05, 0.1) is 18.2 Å². The summed E-state index contributed by atoms with van der Waals surface area (Å²) in [5.74, 6) is 0.797. The van der Waals surface area contributed by atoms with E-state index in [2.05, 4.69) is 34.1 Å². The SMILES string of the molecule is Cc1cnc(Cc2ccc(N3CCOCC3)cc2)nc1Sc1ccc(N)c(C)c1Cl. The Morgan fingerprint density at radius 2 is 1.83 bits per heavy atom. The molecule has 1 aliphatic rings. The largest absolute Gasteiger partial charge is 0.398 e. The summed E-state index contributed by atoms with van der Waals surface area (Å²) in [4.78, 5) is 12.6. The number of halogens is 1. The van der Waals surface area contributed by atoms with Gasteiger partial charge in [0.2, 0.25) is 0 Å². The van der Waals surface area contributed by atoms with Crippen LogP contribution in [0.4, 0.5) is 11.4 Å². The van der Waals surface area contributed by atoms with Crippen molar-refractivity contribution in [3.8, 4) is 0 Å². The molecule has 1 aliphatic heterocycles. The van der Waals surface area contributed by atoms with Crippen LogP contribution in [-0.4, -0.2) is 36.3 Å². The lowest BCUT2D eigenvalue weighted by molar-refractivity contribution is 0.122. The second-order valence-electron chi connectivity index (χ2n) is 7.41. The van der Waals surface area contributed by atoms with Gasteiger partial charge in [-0.3, -0.25) is 0 Å². The van der Waals surface area contributed by atoms with E-state index in [9.17, 15) is 0 Å². The Morgan fingerprint density at radius 1 is 1.10 bits per heavy atom. The molecule has 2 aromatic carbocycles. The molecule has 5 nitrogen and oxygen atoms in total. The van der Waals surface area contributed by atoms with Crippen LogP contribution in [0.3, 0.4) is 0 Å². The molecule has 0 saturated carbocycles. The van der Waals surface area contributed by atoms with Gasteiger partial charge in [0, 0.05) is 42.0 Å². The van der Waals surface area contributed by atoms with Gasteiger partial charge in [0.1, 0.15) is 10.9 Å². The maximum absolute atomic E-state index is 6.49. The molecule has 0 spiro atoms. The van der Waals surface area contributed by atoms with E-state index in [0.717, 1.165) is 53.2 Å². The van der Waals surface area contributed by atoms with Crippen LogP contribution in [0.25, 0.3) is 0 Å². The van der Waals surface area contributed by atoms with E-state index >= 15 is 0 Å². The van der Waals surface area contributed by atoms with Crippen molar-refractivity contribution < 1.29 is 4.74 Å². The number of nitrogens with zero attached hydrogens (tertiary/aromatic N) is 3. The molecule has 1 saturated heterocycles. The third kappa shape index (κ3) is 4.72. The van der Waals surface area contributed by atoms with E-state index in [1.165, 1.54) is 11.3 Å². The maximum atomic E-state index is 6.49. The molecule has 0 amide bonds. The molecule has 1 fully saturated rings. The summed E-state index contributed by atoms with van der Waals surface area (Å²) in [6, 6.07) is 12.5. The molecule has 0 unspecified atom stereocenters. The van der Waals surface area contributed by atoms with Crippen molar-refractivity contribution in [2.45, 2.75) is 30.2 Å². The van der Waals surface area contributed by atoms with E-state index in [1.807, 2.05) is 32.2 Å². The first-order valence-electron chi connectivity index (χ1n) is 9.98. The normalized spacial score (nSPS) is 14.2. The van der Waals surface area contributed by atoms with E-state index in [1.54, 1.807) is 11.8 Å². The third-order valence-corrected chi connectivity index (χ3v) is 7.02.